The molecule has 4 heteroatoms. The zero-order valence-electron chi connectivity index (χ0n) is 8.12. The Balaban J connectivity index is 3.22. The lowest BCUT2D eigenvalue weighted by molar-refractivity contribution is 0.593. The molecule has 0 radical (unpaired) electrons. The van der Waals surface area contributed by atoms with Crippen molar-refractivity contribution in [2.45, 2.75) is 25.7 Å². The van der Waals surface area contributed by atoms with E-state index in [-0.39, 0.29) is 0 Å². The Morgan fingerprint density at radius 2 is 1.85 bits per heavy atom. The molecule has 0 aromatic heterocycles. The first-order chi connectivity index (χ1) is 6.06. The summed E-state index contributed by atoms with van der Waals surface area (Å²) in [5.41, 5.74) is 0. The first-order valence-corrected chi connectivity index (χ1v) is 6.48. The second-order valence-corrected chi connectivity index (χ2v) is 5.34. The van der Waals surface area contributed by atoms with Crippen molar-refractivity contribution in [1.82, 2.24) is 0 Å². The van der Waals surface area contributed by atoms with Crippen LogP contribution in [-0.2, 0) is 9.84 Å². The SMILES string of the molecule is C=C=NCCCCCCS(C)(=O)=O. The molecule has 0 bridgehead atoms. The van der Waals surface area contributed by atoms with E-state index in [1.165, 1.54) is 6.26 Å². The average molecular weight is 203 g/mol. The van der Waals surface area contributed by atoms with Crippen molar-refractivity contribution in [3.05, 3.63) is 6.58 Å². The van der Waals surface area contributed by atoms with Crippen LogP contribution < -0.4 is 0 Å². The summed E-state index contributed by atoms with van der Waals surface area (Å²) in [7, 11) is -2.77. The van der Waals surface area contributed by atoms with E-state index in [4.69, 9.17) is 0 Å². The molecule has 0 saturated carbocycles. The van der Waals surface area contributed by atoms with E-state index in [1.807, 2.05) is 0 Å². The number of nitrogens with zero attached hydrogens (tertiary/aromatic N) is 1. The first-order valence-electron chi connectivity index (χ1n) is 4.42. The fourth-order valence-corrected chi connectivity index (χ4v) is 1.72. The van der Waals surface area contributed by atoms with Gasteiger partial charge in [-0.2, -0.15) is 0 Å². The summed E-state index contributed by atoms with van der Waals surface area (Å²) < 4.78 is 21.5. The molecular weight excluding hydrogens is 186 g/mol. The zero-order chi connectivity index (χ0) is 10.2. The molecule has 0 rings (SSSR count). The van der Waals surface area contributed by atoms with Gasteiger partial charge in [0.25, 0.3) is 0 Å². The van der Waals surface area contributed by atoms with Crippen LogP contribution in [0.2, 0.25) is 0 Å². The summed E-state index contributed by atoms with van der Waals surface area (Å²) in [5.74, 6) is 2.77. The van der Waals surface area contributed by atoms with E-state index in [0.717, 1.165) is 32.2 Å². The maximum absolute atomic E-state index is 10.7. The smallest absolute Gasteiger partial charge is 0.147 e. The average Bonchev–Trinajstić information content (AvgIpc) is 2.01. The van der Waals surface area contributed by atoms with E-state index in [1.54, 1.807) is 0 Å². The largest absolute Gasteiger partial charge is 0.244 e. The molecule has 13 heavy (non-hydrogen) atoms. The predicted molar refractivity (Wildman–Crippen MR) is 56.1 cm³/mol. The predicted octanol–water partition coefficient (Wildman–Crippen LogP) is 1.45. The molecule has 0 aliphatic heterocycles. The molecule has 0 spiro atoms. The molecule has 0 aromatic rings. The second kappa shape index (κ2) is 6.87. The molecule has 0 amide bonds. The van der Waals surface area contributed by atoms with Gasteiger partial charge in [0.2, 0.25) is 0 Å². The number of rotatable bonds is 7. The Morgan fingerprint density at radius 3 is 2.38 bits per heavy atom. The molecule has 0 saturated heterocycles. The standard InChI is InChI=1S/C9H17NO2S/c1-3-10-8-6-4-5-7-9-13(2,11)12/h1,4-9H2,2H3. The number of hydrogen-bond acceptors (Lipinski definition) is 3. The van der Waals surface area contributed by atoms with Gasteiger partial charge in [-0.25, -0.2) is 13.4 Å². The molecule has 0 aromatic carbocycles. The van der Waals surface area contributed by atoms with E-state index in [2.05, 4.69) is 17.4 Å². The molecule has 0 heterocycles. The fourth-order valence-electron chi connectivity index (χ4n) is 0.988. The van der Waals surface area contributed by atoms with Crippen molar-refractivity contribution in [3.8, 4) is 0 Å². The van der Waals surface area contributed by atoms with Gasteiger partial charge in [0, 0.05) is 18.6 Å². The number of sulfone groups is 1. The molecular formula is C9H17NO2S. The van der Waals surface area contributed by atoms with Gasteiger partial charge in [-0.3, -0.25) is 0 Å². The molecule has 3 nitrogen and oxygen atoms in total. The molecule has 0 unspecified atom stereocenters. The summed E-state index contributed by atoms with van der Waals surface area (Å²) in [4.78, 5) is 3.84. The molecule has 0 N–H and O–H groups in total. The van der Waals surface area contributed by atoms with Gasteiger partial charge in [0.15, 0.2) is 0 Å². The normalized spacial score (nSPS) is 10.8. The Hall–Kier alpha value is -0.600. The van der Waals surface area contributed by atoms with Gasteiger partial charge in [-0.1, -0.05) is 12.8 Å². The molecule has 0 aliphatic carbocycles. The van der Waals surface area contributed by atoms with Crippen molar-refractivity contribution in [2.75, 3.05) is 18.6 Å². The fraction of sp³-hybridized carbons (Fsp3) is 0.778. The van der Waals surface area contributed by atoms with E-state index < -0.39 is 9.84 Å². The lowest BCUT2D eigenvalue weighted by Gasteiger charge is -1.97. The third-order valence-electron chi connectivity index (χ3n) is 1.65. The Kier molecular flexibility index (Phi) is 6.55. The number of aliphatic imine (C=N–C) groups is 1. The van der Waals surface area contributed by atoms with Gasteiger partial charge < -0.3 is 0 Å². The summed E-state index contributed by atoms with van der Waals surface area (Å²) in [5, 5.41) is 0. The van der Waals surface area contributed by atoms with Crippen molar-refractivity contribution in [1.29, 1.82) is 0 Å². The van der Waals surface area contributed by atoms with Crippen molar-refractivity contribution < 1.29 is 8.42 Å². The summed E-state index contributed by atoms with van der Waals surface area (Å²) in [6.45, 7) is 4.11. The van der Waals surface area contributed by atoms with Crippen molar-refractivity contribution in [3.63, 3.8) is 0 Å². The van der Waals surface area contributed by atoms with Gasteiger partial charge >= 0.3 is 0 Å². The lowest BCUT2D eigenvalue weighted by Crippen LogP contribution is -2.02. The van der Waals surface area contributed by atoms with Crippen LogP contribution in [0.1, 0.15) is 25.7 Å². The number of hydrogen-bond donors (Lipinski definition) is 0. The molecule has 76 valence electrons. The van der Waals surface area contributed by atoms with Gasteiger partial charge in [0.05, 0.1) is 0 Å². The van der Waals surface area contributed by atoms with Crippen molar-refractivity contribution in [2.24, 2.45) is 4.99 Å². The third kappa shape index (κ3) is 11.4. The monoisotopic (exact) mass is 203 g/mol. The first kappa shape index (κ1) is 12.4. The van der Waals surface area contributed by atoms with Crippen LogP contribution >= 0.6 is 0 Å². The van der Waals surface area contributed by atoms with Gasteiger partial charge in [0.1, 0.15) is 9.84 Å². The lowest BCUT2D eigenvalue weighted by atomic mass is 10.2. The minimum Gasteiger partial charge on any atom is -0.244 e. The third-order valence-corrected chi connectivity index (χ3v) is 2.68. The highest BCUT2D eigenvalue weighted by molar-refractivity contribution is 7.90. The Labute approximate surface area is 80.5 Å². The minimum atomic E-state index is -2.77. The van der Waals surface area contributed by atoms with Crippen LogP contribution in [0.3, 0.4) is 0 Å². The summed E-state index contributed by atoms with van der Waals surface area (Å²) >= 11 is 0. The molecule has 0 fully saturated rings. The zero-order valence-corrected chi connectivity index (χ0v) is 8.94. The Morgan fingerprint density at radius 1 is 1.23 bits per heavy atom. The second-order valence-electron chi connectivity index (χ2n) is 3.08. The van der Waals surface area contributed by atoms with E-state index in [9.17, 15) is 8.42 Å². The van der Waals surface area contributed by atoms with Crippen LogP contribution in [0, 0.1) is 0 Å². The maximum atomic E-state index is 10.7. The van der Waals surface area contributed by atoms with Gasteiger partial charge in [-0.15, -0.1) is 0 Å². The highest BCUT2D eigenvalue weighted by atomic mass is 32.2. The Bertz CT molecular complexity index is 263. The maximum Gasteiger partial charge on any atom is 0.147 e. The van der Waals surface area contributed by atoms with Crippen LogP contribution in [0.5, 0.6) is 0 Å². The number of unbranched alkanes of at least 4 members (excludes halogenated alkanes) is 3. The van der Waals surface area contributed by atoms with Crippen LogP contribution in [0.4, 0.5) is 0 Å². The topological polar surface area (TPSA) is 46.5 Å². The summed E-state index contributed by atoms with van der Waals surface area (Å²) in [6.07, 6.45) is 5.01. The molecule has 0 aliphatic rings. The van der Waals surface area contributed by atoms with Gasteiger partial charge in [-0.05, 0) is 25.3 Å². The quantitative estimate of drug-likeness (QED) is 0.464. The van der Waals surface area contributed by atoms with E-state index in [0.29, 0.717) is 5.75 Å². The van der Waals surface area contributed by atoms with E-state index >= 15 is 0 Å². The van der Waals surface area contributed by atoms with Crippen molar-refractivity contribution >= 4 is 15.7 Å². The molecule has 0 atom stereocenters. The van der Waals surface area contributed by atoms with Crippen LogP contribution in [-0.4, -0.2) is 32.8 Å². The van der Waals surface area contributed by atoms with Crippen LogP contribution in [0.15, 0.2) is 11.6 Å². The minimum absolute atomic E-state index is 0.303. The van der Waals surface area contributed by atoms with Crippen LogP contribution in [0.25, 0.3) is 0 Å². The highest BCUT2D eigenvalue weighted by Crippen LogP contribution is 2.01. The highest BCUT2D eigenvalue weighted by Gasteiger charge is 2.00. The summed E-state index contributed by atoms with van der Waals surface area (Å²) in [6, 6.07) is 0.